The van der Waals surface area contributed by atoms with E-state index in [9.17, 15) is 9.59 Å². The van der Waals surface area contributed by atoms with Crippen LogP contribution in [-0.4, -0.2) is 67.1 Å². The van der Waals surface area contributed by atoms with E-state index in [0.717, 1.165) is 70.5 Å². The molecule has 240 valence electrons. The van der Waals surface area contributed by atoms with E-state index in [1.54, 1.807) is 0 Å². The predicted octanol–water partition coefficient (Wildman–Crippen LogP) is 7.05. The van der Waals surface area contributed by atoms with E-state index < -0.39 is 0 Å². The molecule has 1 amide bonds. The fourth-order valence-electron chi connectivity index (χ4n) is 8.01. The fourth-order valence-corrected chi connectivity index (χ4v) is 8.01. The quantitative estimate of drug-likeness (QED) is 0.132. The lowest BCUT2D eigenvalue weighted by molar-refractivity contribution is -0.141. The Hall–Kier alpha value is -2.70. The summed E-state index contributed by atoms with van der Waals surface area (Å²) in [5.74, 6) is 2.14. The maximum atomic E-state index is 14.0. The maximum Gasteiger partial charge on any atom is 0.308 e. The Kier molecular flexibility index (Phi) is 11.2. The third-order valence-electron chi connectivity index (χ3n) is 10.3. The molecule has 6 heteroatoms. The normalized spacial score (nSPS) is 25.4. The van der Waals surface area contributed by atoms with Gasteiger partial charge in [0.15, 0.2) is 0 Å². The fraction of sp³-hybridized carbons (Fsp3) is 0.632. The summed E-state index contributed by atoms with van der Waals surface area (Å²) in [6, 6.07) is 18.9. The second-order valence-electron chi connectivity index (χ2n) is 14.2. The molecule has 0 aromatic heterocycles. The number of piperidine rings is 1. The number of carbonyl (C=O) groups excluding carboxylic acids is 2. The molecule has 1 heterocycles. The van der Waals surface area contributed by atoms with Crippen molar-refractivity contribution in [3.63, 3.8) is 0 Å². The summed E-state index contributed by atoms with van der Waals surface area (Å²) in [6.07, 6.45) is 10.3. The van der Waals surface area contributed by atoms with E-state index in [2.05, 4.69) is 66.1 Å². The Morgan fingerprint density at radius 1 is 1.05 bits per heavy atom. The number of hydrogen-bond acceptors (Lipinski definition) is 5. The molecular formula is C38H54N2O4. The first-order chi connectivity index (χ1) is 21.3. The first-order valence-corrected chi connectivity index (χ1v) is 17.1. The molecule has 44 heavy (non-hydrogen) atoms. The van der Waals surface area contributed by atoms with Gasteiger partial charge < -0.3 is 19.3 Å². The zero-order valence-electron chi connectivity index (χ0n) is 27.5. The van der Waals surface area contributed by atoms with Gasteiger partial charge in [0, 0.05) is 57.5 Å². The van der Waals surface area contributed by atoms with Crippen molar-refractivity contribution < 1.29 is 19.1 Å². The van der Waals surface area contributed by atoms with Crippen LogP contribution in [0.5, 0.6) is 5.75 Å². The number of amides is 1. The van der Waals surface area contributed by atoms with Crippen LogP contribution in [0.1, 0.15) is 89.7 Å². The van der Waals surface area contributed by atoms with E-state index in [4.69, 9.17) is 9.47 Å². The number of nitrogens with zero attached hydrogens (tertiary/aromatic N) is 2. The highest BCUT2D eigenvalue weighted by Crippen LogP contribution is 2.52. The number of unbranched alkanes of at least 4 members (excludes halogenated alkanes) is 2. The van der Waals surface area contributed by atoms with Gasteiger partial charge >= 0.3 is 5.97 Å². The van der Waals surface area contributed by atoms with Crippen molar-refractivity contribution in [2.24, 2.45) is 17.8 Å². The molecule has 3 fully saturated rings. The van der Waals surface area contributed by atoms with E-state index in [1.165, 1.54) is 37.4 Å². The third-order valence-corrected chi connectivity index (χ3v) is 10.3. The number of rotatable bonds is 14. The number of aryl methyl sites for hydroxylation is 1. The largest absolute Gasteiger partial charge is 0.427 e. The molecule has 1 unspecified atom stereocenters. The summed E-state index contributed by atoms with van der Waals surface area (Å²) in [6.45, 7) is 9.90. The van der Waals surface area contributed by atoms with E-state index >= 15 is 0 Å². The average Bonchev–Trinajstić information content (AvgIpc) is 3.83. The van der Waals surface area contributed by atoms with Crippen LogP contribution >= 0.6 is 0 Å². The second kappa shape index (κ2) is 15.1. The highest BCUT2D eigenvalue weighted by Gasteiger charge is 2.54. The lowest BCUT2D eigenvalue weighted by atomic mass is 9.56. The number of ether oxygens (including phenoxy) is 2. The van der Waals surface area contributed by atoms with Crippen molar-refractivity contribution in [3.05, 3.63) is 65.7 Å². The highest BCUT2D eigenvalue weighted by molar-refractivity contribution is 5.76. The first-order valence-electron chi connectivity index (χ1n) is 17.1. The molecule has 0 N–H and O–H groups in total. The molecule has 1 aliphatic heterocycles. The SMILES string of the molecule is COC1C[C@H](N(CC(C)C)C(=O)CCCCCc2ccccc2)C[C@]2(c3cccc(OC(C)=O)c3)CCN(CC3CC3)C[C@@H]12. The number of carbonyl (C=O) groups is 2. The van der Waals surface area contributed by atoms with Crippen LogP contribution in [-0.2, 0) is 26.2 Å². The smallest absolute Gasteiger partial charge is 0.308 e. The average molecular weight is 603 g/mol. The summed E-state index contributed by atoms with van der Waals surface area (Å²) in [5, 5.41) is 0. The first kappa shape index (κ1) is 32.7. The summed E-state index contributed by atoms with van der Waals surface area (Å²) in [7, 11) is 1.86. The van der Waals surface area contributed by atoms with Gasteiger partial charge in [-0.05, 0) is 93.0 Å². The van der Waals surface area contributed by atoms with E-state index in [-0.39, 0.29) is 29.4 Å². The lowest BCUT2D eigenvalue weighted by Crippen LogP contribution is -2.62. The Morgan fingerprint density at radius 3 is 2.55 bits per heavy atom. The molecule has 2 aliphatic carbocycles. The minimum Gasteiger partial charge on any atom is -0.427 e. The third kappa shape index (κ3) is 8.31. The molecule has 0 spiro atoms. The molecular weight excluding hydrogens is 548 g/mol. The van der Waals surface area contributed by atoms with Gasteiger partial charge in [0.05, 0.1) is 6.10 Å². The lowest BCUT2D eigenvalue weighted by Gasteiger charge is -2.57. The second-order valence-corrected chi connectivity index (χ2v) is 14.2. The molecule has 6 nitrogen and oxygen atoms in total. The molecule has 2 aromatic rings. The zero-order valence-corrected chi connectivity index (χ0v) is 27.5. The van der Waals surface area contributed by atoms with Crippen molar-refractivity contribution in [2.75, 3.05) is 33.3 Å². The van der Waals surface area contributed by atoms with Gasteiger partial charge in [-0.15, -0.1) is 0 Å². The topological polar surface area (TPSA) is 59.1 Å². The van der Waals surface area contributed by atoms with Crippen LogP contribution < -0.4 is 4.74 Å². The van der Waals surface area contributed by atoms with Crippen LogP contribution in [0.15, 0.2) is 54.6 Å². The van der Waals surface area contributed by atoms with Gasteiger partial charge in [-0.1, -0.05) is 62.7 Å². The van der Waals surface area contributed by atoms with E-state index in [0.29, 0.717) is 24.0 Å². The molecule has 1 saturated heterocycles. The Bertz CT molecular complexity index is 1230. The minimum absolute atomic E-state index is 0.0569. The Balaban J connectivity index is 1.35. The standard InChI is InChI=1S/C38H54N2O4/c1-28(2)25-40(37(42)17-10-6-9-14-30-12-7-5-8-13-30)33-23-36(43-4)35-27-39(26-31-18-19-31)21-20-38(35,24-33)32-15-11-16-34(22-32)44-29(3)41/h5,7-8,11-13,15-16,22,28,31,33,35-36H,6,9-10,14,17-21,23-27H2,1-4H3/t33-,35-,36?,38-/m0/s1. The van der Waals surface area contributed by atoms with Gasteiger partial charge in [0.2, 0.25) is 5.91 Å². The predicted molar refractivity (Wildman–Crippen MR) is 176 cm³/mol. The van der Waals surface area contributed by atoms with Crippen LogP contribution in [0.25, 0.3) is 0 Å². The molecule has 4 atom stereocenters. The number of fused-ring (bicyclic) bond motifs is 1. The number of benzene rings is 2. The highest BCUT2D eigenvalue weighted by atomic mass is 16.5. The summed E-state index contributed by atoms with van der Waals surface area (Å²) >= 11 is 0. The maximum absolute atomic E-state index is 14.0. The van der Waals surface area contributed by atoms with Crippen molar-refractivity contribution in [3.8, 4) is 5.75 Å². The van der Waals surface area contributed by atoms with Gasteiger partial charge in [0.1, 0.15) is 5.75 Å². The van der Waals surface area contributed by atoms with Crippen molar-refractivity contribution >= 4 is 11.9 Å². The summed E-state index contributed by atoms with van der Waals surface area (Å²) in [4.78, 5) is 30.7. The Morgan fingerprint density at radius 2 is 1.84 bits per heavy atom. The van der Waals surface area contributed by atoms with Crippen LogP contribution in [0.2, 0.25) is 0 Å². The van der Waals surface area contributed by atoms with Crippen LogP contribution in [0.3, 0.4) is 0 Å². The molecule has 3 aliphatic rings. The summed E-state index contributed by atoms with van der Waals surface area (Å²) in [5.41, 5.74) is 2.44. The number of hydrogen-bond donors (Lipinski definition) is 0. The minimum atomic E-state index is -0.302. The monoisotopic (exact) mass is 602 g/mol. The molecule has 0 bridgehead atoms. The van der Waals surface area contributed by atoms with E-state index in [1.807, 2.05) is 19.2 Å². The summed E-state index contributed by atoms with van der Waals surface area (Å²) < 4.78 is 11.9. The van der Waals surface area contributed by atoms with Crippen LogP contribution in [0, 0.1) is 17.8 Å². The van der Waals surface area contributed by atoms with Gasteiger partial charge in [-0.2, -0.15) is 0 Å². The van der Waals surface area contributed by atoms with Crippen molar-refractivity contribution in [1.29, 1.82) is 0 Å². The van der Waals surface area contributed by atoms with Crippen LogP contribution in [0.4, 0.5) is 0 Å². The number of methoxy groups -OCH3 is 1. The Labute approximate surface area is 265 Å². The molecule has 2 saturated carbocycles. The van der Waals surface area contributed by atoms with Crippen molar-refractivity contribution in [1.82, 2.24) is 9.80 Å². The van der Waals surface area contributed by atoms with Gasteiger partial charge in [-0.25, -0.2) is 0 Å². The zero-order chi connectivity index (χ0) is 31.1. The van der Waals surface area contributed by atoms with Crippen molar-refractivity contribution in [2.45, 2.75) is 103 Å². The van der Waals surface area contributed by atoms with Gasteiger partial charge in [-0.3, -0.25) is 9.59 Å². The molecule has 5 rings (SSSR count). The number of esters is 1. The molecule has 2 aromatic carbocycles. The van der Waals surface area contributed by atoms with Gasteiger partial charge in [0.25, 0.3) is 0 Å². The number of likely N-dealkylation sites (tertiary alicyclic amines) is 1. The molecule has 0 radical (unpaired) electrons.